The maximum Gasteiger partial charge on any atom is 0.265 e. The lowest BCUT2D eigenvalue weighted by molar-refractivity contribution is 0.403. The Bertz CT molecular complexity index is 776. The van der Waals surface area contributed by atoms with Crippen molar-refractivity contribution in [1.82, 2.24) is 0 Å². The number of nitrogen functional groups attached to an aromatic ring is 1. The lowest BCUT2D eigenvalue weighted by Gasteiger charge is -2.13. The van der Waals surface area contributed by atoms with Gasteiger partial charge in [-0.25, -0.2) is 8.42 Å². The van der Waals surface area contributed by atoms with Gasteiger partial charge in [-0.05, 0) is 48.9 Å². The Morgan fingerprint density at radius 1 is 1.19 bits per heavy atom. The van der Waals surface area contributed by atoms with Crippen molar-refractivity contribution in [2.24, 2.45) is 0 Å². The van der Waals surface area contributed by atoms with Gasteiger partial charge in [-0.3, -0.25) is 4.72 Å². The van der Waals surface area contributed by atoms with Crippen LogP contribution in [0.15, 0.2) is 41.3 Å². The van der Waals surface area contributed by atoms with Crippen LogP contribution in [0.3, 0.4) is 0 Å². The van der Waals surface area contributed by atoms with Crippen LogP contribution in [0, 0.1) is 6.92 Å². The number of sulfonamides is 1. The third kappa shape index (κ3) is 3.40. The average molecular weight is 327 g/mol. The molecule has 0 aromatic heterocycles. The van der Waals surface area contributed by atoms with E-state index in [-0.39, 0.29) is 10.6 Å². The van der Waals surface area contributed by atoms with Crippen LogP contribution in [0.1, 0.15) is 5.56 Å². The molecule has 2 rings (SSSR count). The molecule has 0 radical (unpaired) electrons. The van der Waals surface area contributed by atoms with E-state index in [1.807, 2.05) is 0 Å². The molecule has 0 atom stereocenters. The molecule has 7 heteroatoms. The van der Waals surface area contributed by atoms with Gasteiger partial charge in [0.1, 0.15) is 10.6 Å². The van der Waals surface area contributed by atoms with Gasteiger partial charge in [-0.2, -0.15) is 0 Å². The standard InChI is InChI=1S/C14H15ClN2O3S/c1-9-7-10(15)3-5-12(9)17-21(18,19)14-8-11(16)4-6-13(14)20-2/h3-8,17H,16H2,1-2H3. The molecule has 5 nitrogen and oxygen atoms in total. The van der Waals surface area contributed by atoms with Gasteiger partial charge in [0.2, 0.25) is 0 Å². The Labute approximate surface area is 128 Å². The SMILES string of the molecule is COc1ccc(N)cc1S(=O)(=O)Nc1ccc(Cl)cc1C. The monoisotopic (exact) mass is 326 g/mol. The highest BCUT2D eigenvalue weighted by Crippen LogP contribution is 2.29. The van der Waals surface area contributed by atoms with Gasteiger partial charge >= 0.3 is 0 Å². The molecular weight excluding hydrogens is 312 g/mol. The summed E-state index contributed by atoms with van der Waals surface area (Å²) in [6.45, 7) is 1.76. The van der Waals surface area contributed by atoms with Crippen molar-refractivity contribution < 1.29 is 13.2 Å². The second-order valence-electron chi connectivity index (χ2n) is 4.48. The van der Waals surface area contributed by atoms with Gasteiger partial charge in [-0.15, -0.1) is 0 Å². The lowest BCUT2D eigenvalue weighted by atomic mass is 10.2. The topological polar surface area (TPSA) is 81.4 Å². The van der Waals surface area contributed by atoms with Crippen molar-refractivity contribution in [3.8, 4) is 5.75 Å². The number of aryl methyl sites for hydroxylation is 1. The molecular formula is C14H15ClN2O3S. The summed E-state index contributed by atoms with van der Waals surface area (Å²) in [6.07, 6.45) is 0. The zero-order chi connectivity index (χ0) is 15.6. The molecule has 0 saturated heterocycles. The summed E-state index contributed by atoms with van der Waals surface area (Å²) in [5, 5.41) is 0.539. The van der Waals surface area contributed by atoms with E-state index in [2.05, 4.69) is 4.72 Å². The summed E-state index contributed by atoms with van der Waals surface area (Å²) in [5.74, 6) is 0.225. The fraction of sp³-hybridized carbons (Fsp3) is 0.143. The molecule has 0 saturated carbocycles. The number of nitrogens with one attached hydrogen (secondary N) is 1. The Morgan fingerprint density at radius 3 is 2.52 bits per heavy atom. The highest BCUT2D eigenvalue weighted by molar-refractivity contribution is 7.92. The molecule has 0 aliphatic carbocycles. The van der Waals surface area contributed by atoms with E-state index < -0.39 is 10.0 Å². The zero-order valence-corrected chi connectivity index (χ0v) is 13.1. The van der Waals surface area contributed by atoms with Crippen molar-refractivity contribution >= 4 is 33.0 Å². The minimum Gasteiger partial charge on any atom is -0.495 e. The van der Waals surface area contributed by atoms with Crippen molar-refractivity contribution in [3.63, 3.8) is 0 Å². The summed E-state index contributed by atoms with van der Waals surface area (Å²) in [7, 11) is -2.41. The Hall–Kier alpha value is -1.92. The molecule has 0 amide bonds. The van der Waals surface area contributed by atoms with Crippen molar-refractivity contribution in [1.29, 1.82) is 0 Å². The third-order valence-electron chi connectivity index (χ3n) is 2.91. The minimum absolute atomic E-state index is 0.0145. The first-order valence-electron chi connectivity index (χ1n) is 6.06. The number of nitrogens with two attached hydrogens (primary N) is 1. The first-order valence-corrected chi connectivity index (χ1v) is 7.92. The zero-order valence-electron chi connectivity index (χ0n) is 11.6. The van der Waals surface area contributed by atoms with E-state index in [0.29, 0.717) is 22.0 Å². The molecule has 2 aromatic rings. The molecule has 0 bridgehead atoms. The van der Waals surface area contributed by atoms with E-state index in [0.717, 1.165) is 0 Å². The normalized spacial score (nSPS) is 11.2. The van der Waals surface area contributed by atoms with Gasteiger partial charge < -0.3 is 10.5 Å². The van der Waals surface area contributed by atoms with E-state index in [1.165, 1.54) is 19.2 Å². The molecule has 0 unspecified atom stereocenters. The number of methoxy groups -OCH3 is 1. The Balaban J connectivity index is 2.45. The van der Waals surface area contributed by atoms with Crippen molar-refractivity contribution in [2.45, 2.75) is 11.8 Å². The van der Waals surface area contributed by atoms with E-state index in [1.54, 1.807) is 31.2 Å². The van der Waals surface area contributed by atoms with Crippen LogP contribution in [0.4, 0.5) is 11.4 Å². The van der Waals surface area contributed by atoms with Crippen LogP contribution in [-0.2, 0) is 10.0 Å². The molecule has 112 valence electrons. The summed E-state index contributed by atoms with van der Waals surface area (Å²) in [5.41, 5.74) is 7.16. The highest BCUT2D eigenvalue weighted by atomic mass is 35.5. The maximum absolute atomic E-state index is 12.5. The smallest absolute Gasteiger partial charge is 0.265 e. The second-order valence-corrected chi connectivity index (χ2v) is 6.56. The van der Waals surface area contributed by atoms with Crippen LogP contribution in [0.25, 0.3) is 0 Å². The summed E-state index contributed by atoms with van der Waals surface area (Å²) >= 11 is 5.86. The first-order chi connectivity index (χ1) is 9.83. The van der Waals surface area contributed by atoms with Gasteiger partial charge in [-0.1, -0.05) is 11.6 Å². The summed E-state index contributed by atoms with van der Waals surface area (Å²) in [6, 6.07) is 9.34. The van der Waals surface area contributed by atoms with Gasteiger partial charge in [0.25, 0.3) is 10.0 Å². The van der Waals surface area contributed by atoms with Crippen LogP contribution in [0.5, 0.6) is 5.75 Å². The number of hydrogen-bond acceptors (Lipinski definition) is 4. The number of benzene rings is 2. The predicted octanol–water partition coefficient (Wildman–Crippen LogP) is 3.04. The minimum atomic E-state index is -3.81. The number of anilines is 2. The summed E-state index contributed by atoms with van der Waals surface area (Å²) < 4.78 is 32.6. The second kappa shape index (κ2) is 5.83. The molecule has 0 fully saturated rings. The van der Waals surface area contributed by atoms with Gasteiger partial charge in [0, 0.05) is 10.7 Å². The number of halogens is 1. The molecule has 0 heterocycles. The van der Waals surface area contributed by atoms with Crippen LogP contribution in [0.2, 0.25) is 5.02 Å². The van der Waals surface area contributed by atoms with E-state index >= 15 is 0 Å². The molecule has 0 spiro atoms. The van der Waals surface area contributed by atoms with Gasteiger partial charge in [0.15, 0.2) is 0 Å². The number of hydrogen-bond donors (Lipinski definition) is 2. The fourth-order valence-electron chi connectivity index (χ4n) is 1.84. The Morgan fingerprint density at radius 2 is 1.90 bits per heavy atom. The maximum atomic E-state index is 12.5. The average Bonchev–Trinajstić information content (AvgIpc) is 2.42. The van der Waals surface area contributed by atoms with Gasteiger partial charge in [0.05, 0.1) is 12.8 Å². The fourth-order valence-corrected chi connectivity index (χ4v) is 3.41. The van der Waals surface area contributed by atoms with E-state index in [9.17, 15) is 8.42 Å². The summed E-state index contributed by atoms with van der Waals surface area (Å²) in [4.78, 5) is -0.0145. The first kappa shape index (κ1) is 15.5. The molecule has 3 N–H and O–H groups in total. The third-order valence-corrected chi connectivity index (χ3v) is 4.53. The predicted molar refractivity (Wildman–Crippen MR) is 84.4 cm³/mol. The molecule has 2 aromatic carbocycles. The lowest BCUT2D eigenvalue weighted by Crippen LogP contribution is -2.15. The van der Waals surface area contributed by atoms with Crippen LogP contribution in [-0.4, -0.2) is 15.5 Å². The number of rotatable bonds is 4. The molecule has 21 heavy (non-hydrogen) atoms. The molecule has 0 aliphatic heterocycles. The van der Waals surface area contributed by atoms with Crippen molar-refractivity contribution in [3.05, 3.63) is 47.0 Å². The highest BCUT2D eigenvalue weighted by Gasteiger charge is 2.20. The van der Waals surface area contributed by atoms with Crippen LogP contribution < -0.4 is 15.2 Å². The van der Waals surface area contributed by atoms with Crippen molar-refractivity contribution in [2.75, 3.05) is 17.6 Å². The van der Waals surface area contributed by atoms with E-state index in [4.69, 9.17) is 22.1 Å². The van der Waals surface area contributed by atoms with Crippen LogP contribution >= 0.6 is 11.6 Å². The molecule has 0 aliphatic rings. The Kier molecular flexibility index (Phi) is 4.29. The quantitative estimate of drug-likeness (QED) is 0.846. The number of ether oxygens (including phenoxy) is 1. The largest absolute Gasteiger partial charge is 0.495 e.